The second-order valence-electron chi connectivity index (χ2n) is 8.76. The van der Waals surface area contributed by atoms with Gasteiger partial charge in [-0.2, -0.15) is 0 Å². The fourth-order valence-corrected chi connectivity index (χ4v) is 4.01. The summed E-state index contributed by atoms with van der Waals surface area (Å²) < 4.78 is 12.6. The molecule has 3 heteroatoms. The second kappa shape index (κ2) is 14.2. The summed E-state index contributed by atoms with van der Waals surface area (Å²) >= 11 is 0. The number of quaternary nitrogens is 1. The van der Waals surface area contributed by atoms with Crippen LogP contribution in [0.3, 0.4) is 0 Å². The van der Waals surface area contributed by atoms with Crippen molar-refractivity contribution in [3.05, 3.63) is 66.2 Å². The summed E-state index contributed by atoms with van der Waals surface area (Å²) in [6.07, 6.45) is 9.31. The van der Waals surface area contributed by atoms with Crippen molar-refractivity contribution in [1.82, 2.24) is 0 Å². The van der Waals surface area contributed by atoms with Gasteiger partial charge in [-0.15, -0.1) is 0 Å². The molecule has 2 rings (SSSR count). The van der Waals surface area contributed by atoms with Gasteiger partial charge in [-0.05, 0) is 18.6 Å². The summed E-state index contributed by atoms with van der Waals surface area (Å²) in [5, 5.41) is 0. The standard InChI is InChI=1S/C27H42NO2/c1-4-5-6-7-8-15-20-27(25-16-11-9-12-17-25)28(2,3)21-22-29-23-24-30-26-18-13-10-14-19-26/h9-14,16-19,27H,4-8,15,20-24H2,1-3H3/q+1. The van der Waals surface area contributed by atoms with Crippen LogP contribution in [0, 0.1) is 0 Å². The highest BCUT2D eigenvalue weighted by molar-refractivity contribution is 5.20. The van der Waals surface area contributed by atoms with Gasteiger partial charge in [0.1, 0.15) is 24.9 Å². The van der Waals surface area contributed by atoms with Crippen LogP contribution in [0.5, 0.6) is 5.75 Å². The molecule has 0 amide bonds. The van der Waals surface area contributed by atoms with Gasteiger partial charge in [0.25, 0.3) is 0 Å². The number of nitrogens with zero attached hydrogens (tertiary/aromatic N) is 1. The van der Waals surface area contributed by atoms with Crippen molar-refractivity contribution >= 4 is 0 Å². The lowest BCUT2D eigenvalue weighted by Crippen LogP contribution is -2.45. The summed E-state index contributed by atoms with van der Waals surface area (Å²) in [4.78, 5) is 0. The Morgan fingerprint density at radius 2 is 1.37 bits per heavy atom. The Labute approximate surface area is 184 Å². The van der Waals surface area contributed by atoms with Crippen LogP contribution < -0.4 is 4.74 Å². The van der Waals surface area contributed by atoms with Gasteiger partial charge in [-0.25, -0.2) is 0 Å². The third kappa shape index (κ3) is 9.32. The lowest BCUT2D eigenvalue weighted by molar-refractivity contribution is -0.922. The molecule has 0 aliphatic rings. The zero-order valence-corrected chi connectivity index (χ0v) is 19.4. The summed E-state index contributed by atoms with van der Waals surface area (Å²) in [5.74, 6) is 0.903. The molecule has 1 unspecified atom stereocenters. The fraction of sp³-hybridized carbons (Fsp3) is 0.556. The van der Waals surface area contributed by atoms with Gasteiger partial charge in [0.15, 0.2) is 0 Å². The molecule has 0 saturated heterocycles. The first kappa shape index (κ1) is 24.4. The second-order valence-corrected chi connectivity index (χ2v) is 8.76. The van der Waals surface area contributed by atoms with Gasteiger partial charge in [0.2, 0.25) is 0 Å². The van der Waals surface area contributed by atoms with Crippen molar-refractivity contribution in [2.24, 2.45) is 0 Å². The Kier molecular flexibility index (Phi) is 11.6. The van der Waals surface area contributed by atoms with E-state index in [1.807, 2.05) is 30.3 Å². The average Bonchev–Trinajstić information content (AvgIpc) is 2.77. The number of rotatable bonds is 16. The van der Waals surface area contributed by atoms with E-state index >= 15 is 0 Å². The minimum Gasteiger partial charge on any atom is -0.491 e. The van der Waals surface area contributed by atoms with Crippen LogP contribution in [0.15, 0.2) is 60.7 Å². The van der Waals surface area contributed by atoms with Crippen molar-refractivity contribution in [3.8, 4) is 5.75 Å². The molecule has 0 fully saturated rings. The minimum atomic E-state index is 0.515. The Morgan fingerprint density at radius 3 is 2.07 bits per heavy atom. The number of hydrogen-bond donors (Lipinski definition) is 0. The van der Waals surface area contributed by atoms with Crippen LogP contribution in [-0.2, 0) is 4.74 Å². The van der Waals surface area contributed by atoms with E-state index in [0.29, 0.717) is 19.3 Å². The van der Waals surface area contributed by atoms with Crippen molar-refractivity contribution in [1.29, 1.82) is 0 Å². The topological polar surface area (TPSA) is 18.5 Å². The maximum atomic E-state index is 5.91. The summed E-state index contributed by atoms with van der Waals surface area (Å²) in [5.41, 5.74) is 1.45. The predicted octanol–water partition coefficient (Wildman–Crippen LogP) is 6.65. The highest BCUT2D eigenvalue weighted by Crippen LogP contribution is 2.30. The van der Waals surface area contributed by atoms with Gasteiger partial charge in [0, 0.05) is 12.0 Å². The average molecular weight is 413 g/mol. The third-order valence-corrected chi connectivity index (χ3v) is 5.91. The molecule has 30 heavy (non-hydrogen) atoms. The van der Waals surface area contributed by atoms with E-state index in [4.69, 9.17) is 9.47 Å². The lowest BCUT2D eigenvalue weighted by Gasteiger charge is -2.38. The Balaban J connectivity index is 1.76. The number of para-hydroxylation sites is 1. The summed E-state index contributed by atoms with van der Waals surface area (Å²) in [6.45, 7) is 5.26. The van der Waals surface area contributed by atoms with E-state index in [1.165, 1.54) is 50.5 Å². The van der Waals surface area contributed by atoms with Crippen LogP contribution in [0.1, 0.15) is 63.5 Å². The Hall–Kier alpha value is -1.84. The van der Waals surface area contributed by atoms with E-state index in [1.54, 1.807) is 0 Å². The van der Waals surface area contributed by atoms with E-state index in [0.717, 1.165) is 23.4 Å². The molecule has 2 aromatic rings. The Bertz CT molecular complexity index is 657. The first-order valence-corrected chi connectivity index (χ1v) is 11.8. The molecular weight excluding hydrogens is 370 g/mol. The zero-order chi connectivity index (χ0) is 21.5. The SMILES string of the molecule is CCCCCCCCC(c1ccccc1)[N+](C)(C)CCOCCOc1ccccc1. The van der Waals surface area contributed by atoms with Crippen LogP contribution in [0.4, 0.5) is 0 Å². The van der Waals surface area contributed by atoms with Gasteiger partial charge in [-0.1, -0.05) is 87.6 Å². The maximum absolute atomic E-state index is 5.91. The number of hydrogen-bond acceptors (Lipinski definition) is 2. The van der Waals surface area contributed by atoms with Crippen molar-refractivity contribution in [3.63, 3.8) is 0 Å². The van der Waals surface area contributed by atoms with Gasteiger partial charge in [0.05, 0.1) is 27.3 Å². The van der Waals surface area contributed by atoms with E-state index < -0.39 is 0 Å². The molecule has 0 aromatic heterocycles. The van der Waals surface area contributed by atoms with Crippen LogP contribution in [0.25, 0.3) is 0 Å². The van der Waals surface area contributed by atoms with E-state index in [9.17, 15) is 0 Å². The van der Waals surface area contributed by atoms with Crippen LogP contribution in [0.2, 0.25) is 0 Å². The Morgan fingerprint density at radius 1 is 0.733 bits per heavy atom. The summed E-state index contributed by atoms with van der Waals surface area (Å²) in [7, 11) is 4.69. The first-order valence-electron chi connectivity index (χ1n) is 11.8. The van der Waals surface area contributed by atoms with Crippen molar-refractivity contribution in [2.45, 2.75) is 57.9 Å². The fourth-order valence-electron chi connectivity index (χ4n) is 4.01. The quantitative estimate of drug-likeness (QED) is 0.227. The number of unbranched alkanes of at least 4 members (excludes halogenated alkanes) is 5. The predicted molar refractivity (Wildman–Crippen MR) is 127 cm³/mol. The monoisotopic (exact) mass is 412 g/mol. The molecular formula is C27H42NO2+. The zero-order valence-electron chi connectivity index (χ0n) is 19.4. The molecule has 0 radical (unpaired) electrons. The van der Waals surface area contributed by atoms with Gasteiger partial charge < -0.3 is 14.0 Å². The van der Waals surface area contributed by atoms with E-state index in [2.05, 4.69) is 51.4 Å². The third-order valence-electron chi connectivity index (χ3n) is 5.91. The van der Waals surface area contributed by atoms with Crippen molar-refractivity contribution in [2.75, 3.05) is 40.5 Å². The number of likely N-dealkylation sites (N-methyl/N-ethyl adjacent to an activating group) is 1. The molecule has 3 nitrogen and oxygen atoms in total. The molecule has 1 atom stereocenters. The normalized spacial score (nSPS) is 12.6. The van der Waals surface area contributed by atoms with Crippen LogP contribution in [-0.4, -0.2) is 44.9 Å². The van der Waals surface area contributed by atoms with Crippen molar-refractivity contribution < 1.29 is 14.0 Å². The van der Waals surface area contributed by atoms with E-state index in [-0.39, 0.29) is 0 Å². The number of ether oxygens (including phenoxy) is 2. The first-order chi connectivity index (χ1) is 14.6. The maximum Gasteiger partial charge on any atom is 0.119 e. The molecule has 0 N–H and O–H groups in total. The molecule has 0 aliphatic heterocycles. The molecule has 166 valence electrons. The molecule has 0 aliphatic carbocycles. The lowest BCUT2D eigenvalue weighted by atomic mass is 9.97. The minimum absolute atomic E-state index is 0.515. The number of benzene rings is 2. The van der Waals surface area contributed by atoms with Gasteiger partial charge in [-0.3, -0.25) is 0 Å². The largest absolute Gasteiger partial charge is 0.491 e. The molecule has 0 saturated carbocycles. The molecule has 0 bridgehead atoms. The summed E-state index contributed by atoms with van der Waals surface area (Å²) in [6, 6.07) is 21.5. The smallest absolute Gasteiger partial charge is 0.119 e. The van der Waals surface area contributed by atoms with Crippen LogP contribution >= 0.6 is 0 Å². The molecule has 2 aromatic carbocycles. The van der Waals surface area contributed by atoms with Gasteiger partial charge >= 0.3 is 0 Å². The molecule has 0 heterocycles. The molecule has 0 spiro atoms. The highest BCUT2D eigenvalue weighted by Gasteiger charge is 2.29. The highest BCUT2D eigenvalue weighted by atomic mass is 16.5.